The average Bonchev–Trinajstić information content (AvgIpc) is 2.28. The zero-order valence-corrected chi connectivity index (χ0v) is 11.7. The minimum atomic E-state index is -0.435. The van der Waals surface area contributed by atoms with Crippen molar-refractivity contribution in [2.45, 2.75) is 46.1 Å². The number of nitrogens with two attached hydrogens (primary N) is 1. The molecule has 0 heterocycles. The van der Waals surface area contributed by atoms with Crippen LogP contribution in [0, 0.1) is 5.92 Å². The summed E-state index contributed by atoms with van der Waals surface area (Å²) in [5, 5.41) is 2.85. The molecule has 3 N–H and O–H groups in total. The van der Waals surface area contributed by atoms with Gasteiger partial charge in [-0.2, -0.15) is 0 Å². The van der Waals surface area contributed by atoms with Gasteiger partial charge in [-0.15, -0.1) is 0 Å². The van der Waals surface area contributed by atoms with Gasteiger partial charge in [-0.3, -0.25) is 4.79 Å². The molecule has 0 aliphatic heterocycles. The molecule has 1 amide bonds. The van der Waals surface area contributed by atoms with E-state index in [1.807, 2.05) is 24.3 Å². The van der Waals surface area contributed by atoms with E-state index in [0.29, 0.717) is 18.3 Å². The lowest BCUT2D eigenvalue weighted by Crippen LogP contribution is -2.36. The number of hydrogen-bond donors (Lipinski definition) is 2. The number of anilines is 1. The van der Waals surface area contributed by atoms with Gasteiger partial charge < -0.3 is 11.1 Å². The van der Waals surface area contributed by atoms with Crippen LogP contribution in [0.4, 0.5) is 5.69 Å². The van der Waals surface area contributed by atoms with Crippen LogP contribution in [0.3, 0.4) is 0 Å². The minimum absolute atomic E-state index is 0.110. The molecular weight excluding hydrogens is 224 g/mol. The molecule has 0 aromatic heterocycles. The zero-order chi connectivity index (χ0) is 13.7. The third-order valence-electron chi connectivity index (χ3n) is 2.91. The van der Waals surface area contributed by atoms with E-state index in [1.165, 1.54) is 5.56 Å². The topological polar surface area (TPSA) is 55.1 Å². The molecule has 1 rings (SSSR count). The van der Waals surface area contributed by atoms with E-state index in [-0.39, 0.29) is 5.91 Å². The Morgan fingerprint density at radius 3 is 2.17 bits per heavy atom. The van der Waals surface area contributed by atoms with Gasteiger partial charge in [0.15, 0.2) is 0 Å². The first-order valence-electron chi connectivity index (χ1n) is 6.56. The summed E-state index contributed by atoms with van der Waals surface area (Å²) in [5.74, 6) is 0.813. The molecule has 0 fully saturated rings. The maximum absolute atomic E-state index is 11.8. The molecule has 0 radical (unpaired) electrons. The first kappa shape index (κ1) is 14.7. The monoisotopic (exact) mass is 248 g/mol. The van der Waals surface area contributed by atoms with Crippen LogP contribution in [-0.4, -0.2) is 11.9 Å². The normalized spacial score (nSPS) is 12.8. The van der Waals surface area contributed by atoms with E-state index in [1.54, 1.807) is 0 Å². The average molecular weight is 248 g/mol. The summed E-state index contributed by atoms with van der Waals surface area (Å²) in [6, 6.07) is 7.49. The highest BCUT2D eigenvalue weighted by Gasteiger charge is 2.14. The maximum atomic E-state index is 11.8. The molecule has 0 saturated heterocycles. The Morgan fingerprint density at radius 1 is 1.17 bits per heavy atom. The summed E-state index contributed by atoms with van der Waals surface area (Å²) < 4.78 is 0. The van der Waals surface area contributed by atoms with Gasteiger partial charge in [-0.25, -0.2) is 0 Å². The highest BCUT2D eigenvalue weighted by atomic mass is 16.2. The van der Waals surface area contributed by atoms with Crippen molar-refractivity contribution in [3.8, 4) is 0 Å². The predicted octanol–water partition coefficient (Wildman–Crippen LogP) is 3.12. The van der Waals surface area contributed by atoms with Crippen LogP contribution < -0.4 is 11.1 Å². The number of carbonyl (C=O) groups excluding carboxylic acids is 1. The summed E-state index contributed by atoms with van der Waals surface area (Å²) in [4.78, 5) is 11.8. The van der Waals surface area contributed by atoms with E-state index in [0.717, 1.165) is 5.69 Å². The van der Waals surface area contributed by atoms with Gasteiger partial charge in [0, 0.05) is 5.69 Å². The van der Waals surface area contributed by atoms with Gasteiger partial charge in [0.1, 0.15) is 0 Å². The lowest BCUT2D eigenvalue weighted by atomic mass is 10.0. The van der Waals surface area contributed by atoms with Crippen molar-refractivity contribution < 1.29 is 4.79 Å². The molecule has 100 valence electrons. The molecule has 0 aliphatic rings. The number of amides is 1. The van der Waals surface area contributed by atoms with Crippen LogP contribution in [0.25, 0.3) is 0 Å². The molecule has 1 unspecified atom stereocenters. The molecule has 1 atom stereocenters. The highest BCUT2D eigenvalue weighted by molar-refractivity contribution is 5.94. The van der Waals surface area contributed by atoms with Crippen LogP contribution in [0.1, 0.15) is 45.6 Å². The van der Waals surface area contributed by atoms with Gasteiger partial charge in [-0.05, 0) is 36.0 Å². The van der Waals surface area contributed by atoms with Crippen molar-refractivity contribution in [3.63, 3.8) is 0 Å². The Kier molecular flexibility index (Phi) is 5.35. The molecule has 0 spiro atoms. The standard InChI is InChI=1S/C15H24N2O/c1-10(2)9-14(16)15(18)17-13-7-5-12(6-8-13)11(3)4/h5-8,10-11,14H,9,16H2,1-4H3,(H,17,18). The molecule has 3 heteroatoms. The van der Waals surface area contributed by atoms with Crippen LogP contribution in [0.2, 0.25) is 0 Å². The van der Waals surface area contributed by atoms with Crippen LogP contribution in [0.15, 0.2) is 24.3 Å². The second kappa shape index (κ2) is 6.55. The fourth-order valence-corrected chi connectivity index (χ4v) is 1.80. The first-order chi connectivity index (χ1) is 8.40. The second-order valence-electron chi connectivity index (χ2n) is 5.50. The number of rotatable bonds is 5. The van der Waals surface area contributed by atoms with Crippen molar-refractivity contribution in [2.75, 3.05) is 5.32 Å². The molecule has 1 aromatic rings. The van der Waals surface area contributed by atoms with E-state index in [2.05, 4.69) is 33.0 Å². The predicted molar refractivity (Wildman–Crippen MR) is 76.6 cm³/mol. The summed E-state index contributed by atoms with van der Waals surface area (Å²) in [6.07, 6.45) is 0.704. The molecule has 18 heavy (non-hydrogen) atoms. The van der Waals surface area contributed by atoms with Gasteiger partial charge in [0.05, 0.1) is 6.04 Å². The number of nitrogens with one attached hydrogen (secondary N) is 1. The molecule has 3 nitrogen and oxygen atoms in total. The van der Waals surface area contributed by atoms with Crippen molar-refractivity contribution in [1.29, 1.82) is 0 Å². The quantitative estimate of drug-likeness (QED) is 0.841. The van der Waals surface area contributed by atoms with Crippen LogP contribution in [0.5, 0.6) is 0 Å². The van der Waals surface area contributed by atoms with Crippen molar-refractivity contribution in [1.82, 2.24) is 0 Å². The van der Waals surface area contributed by atoms with Crippen LogP contribution >= 0.6 is 0 Å². The molecule has 1 aromatic carbocycles. The third-order valence-corrected chi connectivity index (χ3v) is 2.91. The first-order valence-corrected chi connectivity index (χ1v) is 6.56. The summed E-state index contributed by atoms with van der Waals surface area (Å²) in [6.45, 7) is 8.41. The van der Waals surface area contributed by atoms with Crippen molar-refractivity contribution >= 4 is 11.6 Å². The molecule has 0 bridgehead atoms. The number of carbonyl (C=O) groups is 1. The van der Waals surface area contributed by atoms with Gasteiger partial charge in [0.2, 0.25) is 5.91 Å². The second-order valence-corrected chi connectivity index (χ2v) is 5.50. The summed E-state index contributed by atoms with van der Waals surface area (Å²) in [5.41, 5.74) is 7.90. The molecule has 0 aliphatic carbocycles. The summed E-state index contributed by atoms with van der Waals surface area (Å²) >= 11 is 0. The SMILES string of the molecule is CC(C)CC(N)C(=O)Nc1ccc(C(C)C)cc1. The van der Waals surface area contributed by atoms with E-state index < -0.39 is 6.04 Å². The molecule has 0 saturated carbocycles. The van der Waals surface area contributed by atoms with Crippen LogP contribution in [-0.2, 0) is 4.79 Å². The number of hydrogen-bond acceptors (Lipinski definition) is 2. The van der Waals surface area contributed by atoms with Crippen molar-refractivity contribution in [2.24, 2.45) is 11.7 Å². The highest BCUT2D eigenvalue weighted by Crippen LogP contribution is 2.17. The lowest BCUT2D eigenvalue weighted by molar-refractivity contribution is -0.117. The minimum Gasteiger partial charge on any atom is -0.325 e. The fourth-order valence-electron chi connectivity index (χ4n) is 1.80. The lowest BCUT2D eigenvalue weighted by Gasteiger charge is -2.14. The fraction of sp³-hybridized carbons (Fsp3) is 0.533. The van der Waals surface area contributed by atoms with E-state index >= 15 is 0 Å². The van der Waals surface area contributed by atoms with Gasteiger partial charge >= 0.3 is 0 Å². The van der Waals surface area contributed by atoms with E-state index in [9.17, 15) is 4.79 Å². The maximum Gasteiger partial charge on any atom is 0.241 e. The van der Waals surface area contributed by atoms with Gasteiger partial charge in [-0.1, -0.05) is 39.8 Å². The van der Waals surface area contributed by atoms with E-state index in [4.69, 9.17) is 5.73 Å². The largest absolute Gasteiger partial charge is 0.325 e. The third kappa shape index (κ3) is 4.49. The van der Waals surface area contributed by atoms with Crippen molar-refractivity contribution in [3.05, 3.63) is 29.8 Å². The Morgan fingerprint density at radius 2 is 1.72 bits per heavy atom. The summed E-state index contributed by atoms with van der Waals surface area (Å²) in [7, 11) is 0. The Balaban J connectivity index is 2.59. The Labute approximate surface area is 110 Å². The smallest absolute Gasteiger partial charge is 0.241 e. The zero-order valence-electron chi connectivity index (χ0n) is 11.7. The Bertz CT molecular complexity index is 382. The number of benzene rings is 1. The Hall–Kier alpha value is -1.35. The van der Waals surface area contributed by atoms with Gasteiger partial charge in [0.25, 0.3) is 0 Å². The molecular formula is C15H24N2O.